The van der Waals surface area contributed by atoms with Crippen molar-refractivity contribution in [3.8, 4) is 16.9 Å². The lowest BCUT2D eigenvalue weighted by Crippen LogP contribution is -2.16. The van der Waals surface area contributed by atoms with Gasteiger partial charge in [-0.2, -0.15) is 0 Å². The van der Waals surface area contributed by atoms with Crippen molar-refractivity contribution < 1.29 is 15.0 Å². The van der Waals surface area contributed by atoms with Gasteiger partial charge in [0.15, 0.2) is 0 Å². The molecule has 0 aliphatic carbocycles. The van der Waals surface area contributed by atoms with E-state index in [2.05, 4.69) is 10.3 Å². The molecule has 0 fully saturated rings. The van der Waals surface area contributed by atoms with Crippen LogP contribution in [0.1, 0.15) is 21.6 Å². The fourth-order valence-corrected chi connectivity index (χ4v) is 3.52. The van der Waals surface area contributed by atoms with Crippen LogP contribution in [-0.4, -0.2) is 51.8 Å². The van der Waals surface area contributed by atoms with Crippen molar-refractivity contribution in [2.45, 2.75) is 13.1 Å². The third-order valence-electron chi connectivity index (χ3n) is 4.69. The molecule has 0 bridgehead atoms. The molecular weight excluding hydrogens is 344 g/mol. The maximum absolute atomic E-state index is 12.1. The van der Waals surface area contributed by atoms with E-state index >= 15 is 0 Å². The molecule has 0 spiro atoms. The average molecular weight is 368 g/mol. The molecule has 1 aromatic carbocycles. The van der Waals surface area contributed by atoms with Crippen molar-refractivity contribution in [1.29, 1.82) is 0 Å². The Bertz CT molecular complexity index is 994. The Labute approximate surface area is 157 Å². The van der Waals surface area contributed by atoms with Gasteiger partial charge in [-0.3, -0.25) is 4.98 Å². The highest BCUT2D eigenvalue weighted by atomic mass is 16.4. The van der Waals surface area contributed by atoms with Crippen LogP contribution in [0.25, 0.3) is 22.0 Å². The van der Waals surface area contributed by atoms with E-state index in [9.17, 15) is 15.0 Å². The summed E-state index contributed by atoms with van der Waals surface area (Å²) in [6, 6.07) is 5.52. The molecule has 0 unspecified atom stereocenters. The second kappa shape index (κ2) is 7.38. The number of aryl methyl sites for hydroxylation is 1. The zero-order chi connectivity index (χ0) is 19.7. The summed E-state index contributed by atoms with van der Waals surface area (Å²) in [5.41, 5.74) is 3.69. The second-order valence-corrected chi connectivity index (χ2v) is 6.84. The van der Waals surface area contributed by atoms with Gasteiger partial charge in [0.1, 0.15) is 5.75 Å². The average Bonchev–Trinajstić information content (AvgIpc) is 2.89. The largest absolute Gasteiger partial charge is 0.507 e. The lowest BCUT2D eigenvalue weighted by molar-refractivity contribution is 0.0696. The van der Waals surface area contributed by atoms with Crippen molar-refractivity contribution in [2.24, 2.45) is 7.05 Å². The van der Waals surface area contributed by atoms with E-state index in [0.717, 1.165) is 11.1 Å². The Balaban J connectivity index is 2.44. The molecule has 27 heavy (non-hydrogen) atoms. The summed E-state index contributed by atoms with van der Waals surface area (Å²) in [5, 5.41) is 24.5. The van der Waals surface area contributed by atoms with Crippen molar-refractivity contribution in [3.05, 3.63) is 47.4 Å². The van der Waals surface area contributed by atoms with Crippen LogP contribution in [0, 0.1) is 0 Å². The van der Waals surface area contributed by atoms with Gasteiger partial charge in [0.05, 0.1) is 11.1 Å². The first-order valence-corrected chi connectivity index (χ1v) is 8.65. The van der Waals surface area contributed by atoms with E-state index in [1.54, 1.807) is 19.4 Å². The van der Waals surface area contributed by atoms with E-state index in [4.69, 9.17) is 0 Å². The number of carboxylic acid groups (broad SMARTS) is 1. The molecule has 0 aliphatic heterocycles. The molecule has 3 rings (SSSR count). The summed E-state index contributed by atoms with van der Waals surface area (Å²) in [6.07, 6.45) is 3.36. The maximum atomic E-state index is 12.1. The Morgan fingerprint density at radius 1 is 1.37 bits per heavy atom. The zero-order valence-electron chi connectivity index (χ0n) is 15.9. The summed E-state index contributed by atoms with van der Waals surface area (Å²) in [6.45, 7) is 0.830. The molecule has 7 heteroatoms. The van der Waals surface area contributed by atoms with Crippen LogP contribution in [0.5, 0.6) is 5.75 Å². The van der Waals surface area contributed by atoms with E-state index in [0.29, 0.717) is 35.3 Å². The molecule has 2 heterocycles. The minimum absolute atomic E-state index is 0.0781. The molecular formula is C20H24N4O3. The van der Waals surface area contributed by atoms with Crippen LogP contribution in [0.3, 0.4) is 0 Å². The number of carbonyl (C=O) groups is 1. The Morgan fingerprint density at radius 3 is 2.67 bits per heavy atom. The summed E-state index contributed by atoms with van der Waals surface area (Å²) >= 11 is 0. The molecule has 3 N–H and O–H groups in total. The summed E-state index contributed by atoms with van der Waals surface area (Å²) in [5.74, 6) is -0.919. The lowest BCUT2D eigenvalue weighted by Gasteiger charge is -2.13. The normalized spacial score (nSPS) is 11.4. The van der Waals surface area contributed by atoms with Gasteiger partial charge in [0, 0.05) is 60.3 Å². The third kappa shape index (κ3) is 3.27. The molecule has 0 atom stereocenters. The maximum Gasteiger partial charge on any atom is 0.338 e. The third-order valence-corrected chi connectivity index (χ3v) is 4.69. The molecule has 142 valence electrons. The first-order valence-electron chi connectivity index (χ1n) is 8.65. The van der Waals surface area contributed by atoms with Crippen LogP contribution in [0.15, 0.2) is 30.6 Å². The number of fused-ring (bicyclic) bond motifs is 1. The van der Waals surface area contributed by atoms with E-state index < -0.39 is 5.97 Å². The van der Waals surface area contributed by atoms with Crippen LogP contribution in [0.2, 0.25) is 0 Å². The quantitative estimate of drug-likeness (QED) is 0.619. The Kier molecular flexibility index (Phi) is 5.16. The highest BCUT2D eigenvalue weighted by Gasteiger charge is 2.26. The predicted octanol–water partition coefficient (Wildman–Crippen LogP) is 2.43. The van der Waals surface area contributed by atoms with Crippen molar-refractivity contribution in [2.75, 3.05) is 21.1 Å². The molecule has 0 radical (unpaired) electrons. The first-order chi connectivity index (χ1) is 12.9. The number of benzene rings is 1. The number of hydrogen-bond acceptors (Lipinski definition) is 5. The lowest BCUT2D eigenvalue weighted by atomic mass is 9.96. The number of rotatable bonds is 6. The van der Waals surface area contributed by atoms with Crippen LogP contribution < -0.4 is 5.32 Å². The molecule has 0 aliphatic rings. The number of aromatic carboxylic acids is 1. The van der Waals surface area contributed by atoms with Gasteiger partial charge < -0.3 is 25.0 Å². The van der Waals surface area contributed by atoms with Crippen LogP contribution in [0.4, 0.5) is 0 Å². The van der Waals surface area contributed by atoms with Crippen molar-refractivity contribution in [3.63, 3.8) is 0 Å². The van der Waals surface area contributed by atoms with Gasteiger partial charge in [-0.1, -0.05) is 6.07 Å². The van der Waals surface area contributed by atoms with Gasteiger partial charge in [0.25, 0.3) is 0 Å². The van der Waals surface area contributed by atoms with Gasteiger partial charge in [-0.25, -0.2) is 4.79 Å². The number of carboxylic acids is 1. The monoisotopic (exact) mass is 368 g/mol. The topological polar surface area (TPSA) is 90.6 Å². The van der Waals surface area contributed by atoms with Gasteiger partial charge in [0.2, 0.25) is 0 Å². The van der Waals surface area contributed by atoms with Crippen LogP contribution in [-0.2, 0) is 20.1 Å². The van der Waals surface area contributed by atoms with Crippen LogP contribution >= 0.6 is 0 Å². The first kappa shape index (κ1) is 18.9. The molecule has 0 saturated carbocycles. The zero-order valence-corrected chi connectivity index (χ0v) is 15.9. The summed E-state index contributed by atoms with van der Waals surface area (Å²) in [4.78, 5) is 18.2. The Hall–Kier alpha value is -2.90. The number of phenols is 1. The number of phenolic OH excluding ortho intramolecular Hbond substituents is 1. The fraction of sp³-hybridized carbons (Fsp3) is 0.300. The minimum atomic E-state index is -0.997. The molecule has 3 aromatic rings. The number of nitrogens with zero attached hydrogens (tertiary/aromatic N) is 3. The summed E-state index contributed by atoms with van der Waals surface area (Å²) < 4.78 is 1.90. The predicted molar refractivity (Wildman–Crippen MR) is 105 cm³/mol. The number of aromatic nitrogens is 2. The van der Waals surface area contributed by atoms with E-state index in [1.165, 1.54) is 0 Å². The number of pyridine rings is 1. The number of aromatic hydroxyl groups is 1. The summed E-state index contributed by atoms with van der Waals surface area (Å²) in [7, 11) is 7.43. The standard InChI is InChI=1S/C20H24N4O3/c1-21-10-14-17-15(8-13(19(14)25)12-6-5-7-22-9-12)24(4)16(11-23(2)3)18(17)20(26)27/h5-9,21,25H,10-11H2,1-4H3,(H,26,27). The van der Waals surface area contributed by atoms with Gasteiger partial charge in [-0.05, 0) is 33.3 Å². The minimum Gasteiger partial charge on any atom is -0.507 e. The molecule has 7 nitrogen and oxygen atoms in total. The SMILES string of the molecule is CNCc1c(O)c(-c2cccnc2)cc2c1c(C(=O)O)c(CN(C)C)n2C. The smallest absolute Gasteiger partial charge is 0.338 e. The Morgan fingerprint density at radius 2 is 2.11 bits per heavy atom. The van der Waals surface area contributed by atoms with Gasteiger partial charge >= 0.3 is 5.97 Å². The number of nitrogens with one attached hydrogen (secondary N) is 1. The highest BCUT2D eigenvalue weighted by Crippen LogP contribution is 2.41. The second-order valence-electron chi connectivity index (χ2n) is 6.84. The molecule has 0 saturated heterocycles. The number of hydrogen-bond donors (Lipinski definition) is 3. The van der Waals surface area contributed by atoms with E-state index in [1.807, 2.05) is 48.8 Å². The van der Waals surface area contributed by atoms with Crippen molar-refractivity contribution in [1.82, 2.24) is 19.8 Å². The van der Waals surface area contributed by atoms with E-state index in [-0.39, 0.29) is 11.3 Å². The highest BCUT2D eigenvalue weighted by molar-refractivity contribution is 6.08. The van der Waals surface area contributed by atoms with Gasteiger partial charge in [-0.15, -0.1) is 0 Å². The molecule has 0 amide bonds. The molecule has 2 aromatic heterocycles. The fourth-order valence-electron chi connectivity index (χ4n) is 3.52. The van der Waals surface area contributed by atoms with Crippen molar-refractivity contribution >= 4 is 16.9 Å².